The molecule has 2 heterocycles. The lowest BCUT2D eigenvalue weighted by atomic mass is 9.96. The van der Waals surface area contributed by atoms with Crippen LogP contribution in [0.2, 0.25) is 0 Å². The van der Waals surface area contributed by atoms with E-state index in [0.717, 1.165) is 31.7 Å². The molecule has 0 amide bonds. The van der Waals surface area contributed by atoms with Gasteiger partial charge in [-0.15, -0.1) is 0 Å². The monoisotopic (exact) mass is 326 g/mol. The third kappa shape index (κ3) is 2.37. The van der Waals surface area contributed by atoms with Crippen molar-refractivity contribution in [2.75, 3.05) is 6.61 Å². The van der Waals surface area contributed by atoms with Gasteiger partial charge < -0.3 is 4.74 Å². The number of ether oxygens (including phenoxy) is 1. The number of pyridine rings is 1. The lowest BCUT2D eigenvalue weighted by Crippen LogP contribution is -2.36. The number of aryl methyl sites for hydroxylation is 1. The Hall–Kier alpha value is -2.87. The largest absolute Gasteiger partial charge is 0.493 e. The average Bonchev–Trinajstić information content (AvgIpc) is 2.76. The van der Waals surface area contributed by atoms with Crippen LogP contribution in [0.1, 0.15) is 12.8 Å². The number of rotatable bonds is 0. The molecule has 0 N–H and O–H groups in total. The molecule has 2 nitrogen and oxygen atoms in total. The summed E-state index contributed by atoms with van der Waals surface area (Å²) < 4.78 is 8.61. The first-order valence-electron chi connectivity index (χ1n) is 8.98. The van der Waals surface area contributed by atoms with Crippen molar-refractivity contribution in [3.05, 3.63) is 72.9 Å². The second-order valence-corrected chi connectivity index (χ2v) is 6.66. The fourth-order valence-corrected chi connectivity index (χ4v) is 3.90. The number of benzene rings is 3. The zero-order valence-electron chi connectivity index (χ0n) is 14.1. The van der Waals surface area contributed by atoms with Gasteiger partial charge in [0, 0.05) is 12.5 Å². The molecule has 5 rings (SSSR count). The van der Waals surface area contributed by atoms with Crippen molar-refractivity contribution in [1.82, 2.24) is 0 Å². The van der Waals surface area contributed by atoms with E-state index in [1.54, 1.807) is 0 Å². The van der Waals surface area contributed by atoms with Gasteiger partial charge in [-0.3, -0.25) is 0 Å². The van der Waals surface area contributed by atoms with E-state index in [1.807, 2.05) is 0 Å². The van der Waals surface area contributed by atoms with Crippen LogP contribution in [0.25, 0.3) is 32.8 Å². The molecule has 0 fully saturated rings. The highest BCUT2D eigenvalue weighted by atomic mass is 16.5. The normalized spacial score (nSPS) is 14.1. The van der Waals surface area contributed by atoms with E-state index < -0.39 is 0 Å². The highest BCUT2D eigenvalue weighted by molar-refractivity contribution is 6.05. The minimum absolute atomic E-state index is 0.776. The zero-order valence-corrected chi connectivity index (χ0v) is 14.1. The van der Waals surface area contributed by atoms with Gasteiger partial charge >= 0.3 is 0 Å². The van der Waals surface area contributed by atoms with Crippen LogP contribution in [0, 0.1) is 0 Å². The van der Waals surface area contributed by atoms with E-state index in [1.165, 1.54) is 32.8 Å². The van der Waals surface area contributed by atoms with Gasteiger partial charge in [0.1, 0.15) is 12.3 Å². The maximum absolute atomic E-state index is 6.21. The maximum Gasteiger partial charge on any atom is 0.224 e. The minimum atomic E-state index is 0.776. The number of nitrogens with zero attached hydrogens (tertiary/aromatic N) is 1. The molecule has 122 valence electrons. The van der Waals surface area contributed by atoms with Crippen molar-refractivity contribution in [3.8, 4) is 17.0 Å². The Morgan fingerprint density at radius 2 is 1.48 bits per heavy atom. The van der Waals surface area contributed by atoms with Gasteiger partial charge in [0.2, 0.25) is 5.69 Å². The van der Waals surface area contributed by atoms with Crippen molar-refractivity contribution in [1.29, 1.82) is 0 Å². The first kappa shape index (κ1) is 14.5. The Labute approximate surface area is 147 Å². The van der Waals surface area contributed by atoms with E-state index in [-0.39, 0.29) is 0 Å². The molecule has 1 aromatic heterocycles. The van der Waals surface area contributed by atoms with Gasteiger partial charge in [-0.2, -0.15) is 4.57 Å². The fraction of sp³-hybridized carbons (Fsp3) is 0.174. The summed E-state index contributed by atoms with van der Waals surface area (Å²) in [6.45, 7) is 1.80. The van der Waals surface area contributed by atoms with Crippen molar-refractivity contribution in [2.45, 2.75) is 19.4 Å². The van der Waals surface area contributed by atoms with Gasteiger partial charge in [-0.25, -0.2) is 0 Å². The lowest BCUT2D eigenvalue weighted by molar-refractivity contribution is -0.685. The van der Waals surface area contributed by atoms with Gasteiger partial charge in [0.05, 0.1) is 17.6 Å². The second-order valence-electron chi connectivity index (χ2n) is 6.66. The molecule has 0 radical (unpaired) electrons. The average molecular weight is 326 g/mol. The van der Waals surface area contributed by atoms with Crippen LogP contribution in [0.3, 0.4) is 0 Å². The summed E-state index contributed by atoms with van der Waals surface area (Å²) in [6, 6.07) is 23.8. The summed E-state index contributed by atoms with van der Waals surface area (Å²) in [5.74, 6) is 0.991. The molecule has 4 aromatic rings. The summed E-state index contributed by atoms with van der Waals surface area (Å²) in [6.07, 6.45) is 4.43. The molecule has 0 saturated carbocycles. The molecular formula is C23H20NO+. The van der Waals surface area contributed by atoms with E-state index in [9.17, 15) is 0 Å². The summed E-state index contributed by atoms with van der Waals surface area (Å²) in [5, 5.41) is 5.07. The number of fused-ring (bicyclic) bond motifs is 7. The third-order valence-corrected chi connectivity index (χ3v) is 5.12. The zero-order chi connectivity index (χ0) is 16.6. The highest BCUT2D eigenvalue weighted by Crippen LogP contribution is 2.39. The van der Waals surface area contributed by atoms with Crippen LogP contribution in [0.4, 0.5) is 0 Å². The summed E-state index contributed by atoms with van der Waals surface area (Å²) >= 11 is 0. The Kier molecular flexibility index (Phi) is 3.41. The lowest BCUT2D eigenvalue weighted by Gasteiger charge is -2.13. The second kappa shape index (κ2) is 5.89. The van der Waals surface area contributed by atoms with Gasteiger partial charge in [-0.05, 0) is 34.7 Å². The molecule has 0 spiro atoms. The minimum Gasteiger partial charge on any atom is -0.493 e. The smallest absolute Gasteiger partial charge is 0.224 e. The molecule has 3 aromatic carbocycles. The molecule has 25 heavy (non-hydrogen) atoms. The first-order chi connectivity index (χ1) is 12.4. The van der Waals surface area contributed by atoms with Crippen molar-refractivity contribution in [3.63, 3.8) is 0 Å². The van der Waals surface area contributed by atoms with Crippen molar-refractivity contribution < 1.29 is 9.30 Å². The van der Waals surface area contributed by atoms with Crippen LogP contribution in [-0.4, -0.2) is 6.61 Å². The number of hydrogen-bond acceptors (Lipinski definition) is 1. The summed E-state index contributed by atoms with van der Waals surface area (Å²) in [5.41, 5.74) is 2.49. The molecule has 1 aliphatic rings. The Morgan fingerprint density at radius 3 is 2.36 bits per heavy atom. The molecule has 0 bridgehead atoms. The fourth-order valence-electron chi connectivity index (χ4n) is 3.90. The predicted octanol–water partition coefficient (Wildman–Crippen LogP) is 5.12. The molecule has 0 saturated heterocycles. The van der Waals surface area contributed by atoms with E-state index >= 15 is 0 Å². The molecule has 0 unspecified atom stereocenters. The Balaban J connectivity index is 1.97. The highest BCUT2D eigenvalue weighted by Gasteiger charge is 2.24. The number of hydrogen-bond donors (Lipinski definition) is 0. The van der Waals surface area contributed by atoms with Gasteiger partial charge in [-0.1, -0.05) is 48.5 Å². The van der Waals surface area contributed by atoms with Crippen LogP contribution < -0.4 is 9.30 Å². The standard InChI is InChI=1S/C23H20NO/c1-3-9-19-17(7-1)11-12-21-22(19)23-20-10-4-2-8-18(20)13-15-24(23)14-5-6-16-25-21/h1-4,7-13,15H,5-6,14,16H2/q+1. The van der Waals surface area contributed by atoms with Crippen molar-refractivity contribution >= 4 is 21.5 Å². The van der Waals surface area contributed by atoms with Gasteiger partial charge in [0.15, 0.2) is 6.20 Å². The first-order valence-corrected chi connectivity index (χ1v) is 8.98. The Morgan fingerprint density at radius 1 is 0.720 bits per heavy atom. The van der Waals surface area contributed by atoms with Crippen molar-refractivity contribution in [2.24, 2.45) is 0 Å². The molecule has 2 heteroatoms. The predicted molar refractivity (Wildman–Crippen MR) is 102 cm³/mol. The van der Waals surface area contributed by atoms with E-state index in [2.05, 4.69) is 77.5 Å². The molecule has 0 aliphatic carbocycles. The summed E-state index contributed by atoms with van der Waals surface area (Å²) in [7, 11) is 0. The SMILES string of the molecule is c1ccc2c3c(ccc2c1)OCCCC[n+]1ccc2ccccc2c1-3. The van der Waals surface area contributed by atoms with Crippen LogP contribution in [0.15, 0.2) is 72.9 Å². The molecular weight excluding hydrogens is 306 g/mol. The van der Waals surface area contributed by atoms with Crippen LogP contribution >= 0.6 is 0 Å². The number of aromatic nitrogens is 1. The van der Waals surface area contributed by atoms with Crippen LogP contribution in [-0.2, 0) is 6.54 Å². The quantitative estimate of drug-likeness (QED) is 0.409. The molecule has 0 atom stereocenters. The third-order valence-electron chi connectivity index (χ3n) is 5.12. The van der Waals surface area contributed by atoms with E-state index in [4.69, 9.17) is 4.74 Å². The Bertz CT molecular complexity index is 997. The van der Waals surface area contributed by atoms with E-state index in [0.29, 0.717) is 0 Å². The topological polar surface area (TPSA) is 13.1 Å². The summed E-state index contributed by atoms with van der Waals surface area (Å²) in [4.78, 5) is 0. The molecule has 1 aliphatic heterocycles. The van der Waals surface area contributed by atoms with Crippen LogP contribution in [0.5, 0.6) is 5.75 Å². The maximum atomic E-state index is 6.21. The van der Waals surface area contributed by atoms with Gasteiger partial charge in [0.25, 0.3) is 0 Å².